The molecule has 1 amide bonds. The molecule has 1 aliphatic rings. The molecule has 0 radical (unpaired) electrons. The summed E-state index contributed by atoms with van der Waals surface area (Å²) in [6, 6.07) is -1.02. The summed E-state index contributed by atoms with van der Waals surface area (Å²) >= 11 is 0. The van der Waals surface area contributed by atoms with E-state index in [1.54, 1.807) is 6.08 Å². The standard InChI is InChI=1S/C72H133NO10/c1-4-7-10-13-16-19-22-24-26-28-29-30-31-32-33-34-35-36-37-38-40-42-45-48-51-54-57-60-67(77)83-70-69(79)68(78)66(61-74)82-72(70)81-62-63(64(75)58-55-52-49-46-43-21-18-15-12-9-6-3)73-71(80)65(76)59-56-53-50-47-44-41-39-27-25-23-20-17-14-11-8-5-2/h16,19,24,26,29-30,55,58,63-66,68-70,72,74-76,78-79H,4-15,17-18,20-23,25,27-28,31-54,56-57,59-62H2,1-3H3,(H,73,80)/b19-16-,26-24-,30-29-,58-55+. The molecule has 0 spiro atoms. The Morgan fingerprint density at radius 3 is 1.27 bits per heavy atom. The lowest BCUT2D eigenvalue weighted by molar-refractivity contribution is -0.305. The van der Waals surface area contributed by atoms with Gasteiger partial charge in [-0.05, 0) is 64.2 Å². The Bertz CT molecular complexity index is 1540. The number of hydrogen-bond donors (Lipinski definition) is 6. The number of esters is 1. The summed E-state index contributed by atoms with van der Waals surface area (Å²) < 4.78 is 17.7. The summed E-state index contributed by atoms with van der Waals surface area (Å²) in [6.45, 7) is 5.80. The fourth-order valence-corrected chi connectivity index (χ4v) is 11.1. The first-order valence-corrected chi connectivity index (χ1v) is 35.4. The van der Waals surface area contributed by atoms with Gasteiger partial charge >= 0.3 is 5.97 Å². The number of rotatable bonds is 61. The molecule has 0 bridgehead atoms. The van der Waals surface area contributed by atoms with E-state index in [2.05, 4.69) is 62.5 Å². The van der Waals surface area contributed by atoms with Gasteiger partial charge in [0.1, 0.15) is 24.4 Å². The monoisotopic (exact) mass is 1170 g/mol. The normalized spacial score (nSPS) is 18.8. The van der Waals surface area contributed by atoms with E-state index in [0.717, 1.165) is 70.6 Å². The summed E-state index contributed by atoms with van der Waals surface area (Å²) in [5.41, 5.74) is 0. The topological polar surface area (TPSA) is 175 Å². The predicted molar refractivity (Wildman–Crippen MR) is 347 cm³/mol. The van der Waals surface area contributed by atoms with Crippen molar-refractivity contribution in [1.82, 2.24) is 5.32 Å². The molecule has 83 heavy (non-hydrogen) atoms. The van der Waals surface area contributed by atoms with Crippen LogP contribution in [0.25, 0.3) is 0 Å². The number of nitrogens with one attached hydrogen (secondary N) is 1. The second-order valence-electron chi connectivity index (χ2n) is 24.6. The SMILES string of the molecule is CCCCC/C=C\C/C=C\C/C=C\CCCCCCCCCCCCCCCCC(=O)OC1C(OCC(NC(=O)C(O)CCCCCCCCCCCCCCCCCC)C(O)/C=C/CCCCCCCCCCC)OC(CO)C(O)C1O. The third kappa shape index (κ3) is 47.4. The lowest BCUT2D eigenvalue weighted by Gasteiger charge is -2.41. The predicted octanol–water partition coefficient (Wildman–Crippen LogP) is 18.0. The third-order valence-corrected chi connectivity index (χ3v) is 16.7. The Labute approximate surface area is 510 Å². The van der Waals surface area contributed by atoms with Crippen molar-refractivity contribution in [2.75, 3.05) is 13.2 Å². The van der Waals surface area contributed by atoms with Gasteiger partial charge in [-0.2, -0.15) is 0 Å². The number of unbranched alkanes of at least 4 members (excludes halogenated alkanes) is 41. The molecule has 1 aliphatic heterocycles. The van der Waals surface area contributed by atoms with Crippen molar-refractivity contribution in [3.8, 4) is 0 Å². The van der Waals surface area contributed by atoms with Crippen molar-refractivity contribution in [3.63, 3.8) is 0 Å². The summed E-state index contributed by atoms with van der Waals surface area (Å²) in [6.07, 6.45) is 64.4. The molecule has 486 valence electrons. The minimum atomic E-state index is -1.61. The molecule has 8 atom stereocenters. The molecule has 0 aromatic carbocycles. The van der Waals surface area contributed by atoms with Gasteiger partial charge in [0.2, 0.25) is 5.91 Å². The van der Waals surface area contributed by atoms with Crippen LogP contribution < -0.4 is 5.32 Å². The molecule has 11 heteroatoms. The van der Waals surface area contributed by atoms with Crippen molar-refractivity contribution in [1.29, 1.82) is 0 Å². The average molecular weight is 1170 g/mol. The van der Waals surface area contributed by atoms with E-state index in [1.807, 2.05) is 6.08 Å². The molecule has 8 unspecified atom stereocenters. The number of ether oxygens (including phenoxy) is 3. The van der Waals surface area contributed by atoms with Crippen molar-refractivity contribution in [3.05, 3.63) is 48.6 Å². The van der Waals surface area contributed by atoms with Crippen LogP contribution in [0.15, 0.2) is 48.6 Å². The van der Waals surface area contributed by atoms with Gasteiger partial charge in [-0.25, -0.2) is 0 Å². The van der Waals surface area contributed by atoms with Gasteiger partial charge in [-0.15, -0.1) is 0 Å². The first kappa shape index (κ1) is 78.6. The van der Waals surface area contributed by atoms with E-state index in [-0.39, 0.29) is 13.0 Å². The van der Waals surface area contributed by atoms with Crippen molar-refractivity contribution in [2.45, 2.75) is 384 Å². The van der Waals surface area contributed by atoms with Crippen molar-refractivity contribution in [2.24, 2.45) is 0 Å². The second-order valence-corrected chi connectivity index (χ2v) is 24.6. The van der Waals surface area contributed by atoms with Gasteiger partial charge in [0.15, 0.2) is 12.4 Å². The smallest absolute Gasteiger partial charge is 0.306 e. The summed E-state index contributed by atoms with van der Waals surface area (Å²) in [5.74, 6) is -1.18. The Morgan fingerprint density at radius 1 is 0.470 bits per heavy atom. The zero-order valence-corrected chi connectivity index (χ0v) is 54.1. The molecule has 1 fully saturated rings. The van der Waals surface area contributed by atoms with Gasteiger partial charge in [0.05, 0.1) is 25.4 Å². The summed E-state index contributed by atoms with van der Waals surface area (Å²) in [7, 11) is 0. The quantitative estimate of drug-likeness (QED) is 0.0195. The third-order valence-electron chi connectivity index (χ3n) is 16.7. The average Bonchev–Trinajstić information content (AvgIpc) is 3.68. The van der Waals surface area contributed by atoms with E-state index >= 15 is 0 Å². The number of carbonyl (C=O) groups excluding carboxylic acids is 2. The van der Waals surface area contributed by atoms with Crippen LogP contribution in [0.4, 0.5) is 0 Å². The van der Waals surface area contributed by atoms with Gasteiger partial charge < -0.3 is 45.1 Å². The maximum absolute atomic E-state index is 13.4. The maximum atomic E-state index is 13.4. The molecule has 1 rings (SSSR count). The van der Waals surface area contributed by atoms with Gasteiger partial charge in [0.25, 0.3) is 0 Å². The largest absolute Gasteiger partial charge is 0.454 e. The van der Waals surface area contributed by atoms with Crippen molar-refractivity contribution < 1.29 is 49.3 Å². The van der Waals surface area contributed by atoms with Crippen LogP contribution in [0.2, 0.25) is 0 Å². The van der Waals surface area contributed by atoms with E-state index in [4.69, 9.17) is 14.2 Å². The molecule has 11 nitrogen and oxygen atoms in total. The minimum absolute atomic E-state index is 0.125. The molecule has 0 aliphatic carbocycles. The van der Waals surface area contributed by atoms with Crippen LogP contribution in [-0.4, -0.2) is 99.6 Å². The Morgan fingerprint density at radius 2 is 0.831 bits per heavy atom. The molecule has 6 N–H and O–H groups in total. The van der Waals surface area contributed by atoms with Crippen molar-refractivity contribution >= 4 is 11.9 Å². The van der Waals surface area contributed by atoms with Gasteiger partial charge in [-0.1, -0.05) is 313 Å². The number of amides is 1. The highest BCUT2D eigenvalue weighted by Crippen LogP contribution is 2.26. The lowest BCUT2D eigenvalue weighted by atomic mass is 9.99. The Balaban J connectivity index is 2.52. The molecule has 0 aromatic rings. The summed E-state index contributed by atoms with van der Waals surface area (Å²) in [4.78, 5) is 26.6. The number of aliphatic hydroxyl groups excluding tert-OH is 5. The highest BCUT2D eigenvalue weighted by Gasteiger charge is 2.47. The maximum Gasteiger partial charge on any atom is 0.306 e. The highest BCUT2D eigenvalue weighted by atomic mass is 16.7. The highest BCUT2D eigenvalue weighted by molar-refractivity contribution is 5.80. The van der Waals surface area contributed by atoms with Crippen LogP contribution in [0.5, 0.6) is 0 Å². The van der Waals surface area contributed by atoms with E-state index in [0.29, 0.717) is 19.3 Å². The number of hydrogen-bond acceptors (Lipinski definition) is 10. The van der Waals surface area contributed by atoms with Gasteiger partial charge in [-0.3, -0.25) is 9.59 Å². The Hall–Kier alpha value is -2.38. The fourth-order valence-electron chi connectivity index (χ4n) is 11.1. The van der Waals surface area contributed by atoms with Crippen LogP contribution in [-0.2, 0) is 23.8 Å². The molecular formula is C72H133NO10. The van der Waals surface area contributed by atoms with E-state index in [1.165, 1.54) is 218 Å². The first-order chi connectivity index (χ1) is 40.7. The van der Waals surface area contributed by atoms with E-state index in [9.17, 15) is 35.1 Å². The molecule has 1 heterocycles. The molecular weight excluding hydrogens is 1040 g/mol. The van der Waals surface area contributed by atoms with Gasteiger partial charge in [0, 0.05) is 6.42 Å². The summed E-state index contributed by atoms with van der Waals surface area (Å²) in [5, 5.41) is 57.1. The molecule has 1 saturated heterocycles. The van der Waals surface area contributed by atoms with Crippen LogP contribution in [0.3, 0.4) is 0 Å². The molecule has 0 aromatic heterocycles. The van der Waals surface area contributed by atoms with Crippen LogP contribution in [0, 0.1) is 0 Å². The fraction of sp³-hybridized carbons (Fsp3) is 0.861. The number of aliphatic hydroxyl groups is 5. The molecule has 0 saturated carbocycles. The second kappa shape index (κ2) is 59.9. The zero-order chi connectivity index (χ0) is 60.3. The lowest BCUT2D eigenvalue weighted by Crippen LogP contribution is -2.61. The zero-order valence-electron chi connectivity index (χ0n) is 54.1. The minimum Gasteiger partial charge on any atom is -0.454 e. The number of carbonyl (C=O) groups is 2. The van der Waals surface area contributed by atoms with Crippen LogP contribution >= 0.6 is 0 Å². The first-order valence-electron chi connectivity index (χ1n) is 35.4. The number of allylic oxidation sites excluding steroid dienone is 7. The van der Waals surface area contributed by atoms with E-state index < -0.39 is 67.4 Å². The van der Waals surface area contributed by atoms with Crippen LogP contribution in [0.1, 0.15) is 335 Å². The Kier molecular flexibility index (Phi) is 56.8.